The fourth-order valence-corrected chi connectivity index (χ4v) is 5.11. The van der Waals surface area contributed by atoms with Gasteiger partial charge in [-0.15, -0.1) is 0 Å². The molecule has 3 N–H and O–H groups in total. The maximum Gasteiger partial charge on any atom is 0.453 e. The summed E-state index contributed by atoms with van der Waals surface area (Å²) in [7, 11) is -3.87. The Bertz CT molecular complexity index is 786. The molecule has 2 aromatic rings. The van der Waals surface area contributed by atoms with Crippen LogP contribution in [0.1, 0.15) is 40.5 Å². The molecule has 0 bridgehead atoms. The zero-order chi connectivity index (χ0) is 22.1. The third kappa shape index (κ3) is 6.35. The van der Waals surface area contributed by atoms with Gasteiger partial charge in [0.15, 0.2) is 5.78 Å². The van der Waals surface area contributed by atoms with E-state index in [4.69, 9.17) is 14.8 Å². The van der Waals surface area contributed by atoms with E-state index in [1.54, 1.807) is 48.5 Å². The lowest BCUT2D eigenvalue weighted by Gasteiger charge is -2.32. The Balaban J connectivity index is 2.41. The second kappa shape index (κ2) is 11.2. The van der Waals surface area contributed by atoms with Gasteiger partial charge in [-0.05, 0) is 36.1 Å². The van der Waals surface area contributed by atoms with Crippen molar-refractivity contribution in [3.05, 3.63) is 60.7 Å². The van der Waals surface area contributed by atoms with Gasteiger partial charge in [0.25, 0.3) is 0 Å². The summed E-state index contributed by atoms with van der Waals surface area (Å²) in [6.07, 6.45) is 1.44. The minimum Gasteiger partial charge on any atom is -0.415 e. The highest BCUT2D eigenvalue weighted by Gasteiger charge is 2.44. The first kappa shape index (κ1) is 24.0. The number of nitrogens with two attached hydrogens (primary N) is 1. The Kier molecular flexibility index (Phi) is 8.94. The third-order valence-electron chi connectivity index (χ3n) is 5.33. The summed E-state index contributed by atoms with van der Waals surface area (Å²) < 4.78 is 26.0. The fourth-order valence-electron chi connectivity index (χ4n) is 2.90. The molecule has 7 heteroatoms. The van der Waals surface area contributed by atoms with Crippen LogP contribution in [0.3, 0.4) is 0 Å². The molecule has 0 saturated carbocycles. The van der Waals surface area contributed by atoms with E-state index in [2.05, 4.69) is 5.32 Å². The molecule has 1 amide bonds. The highest BCUT2D eigenvalue weighted by Crippen LogP contribution is 2.54. The number of nitrogens with one attached hydrogen (secondary N) is 1. The van der Waals surface area contributed by atoms with E-state index < -0.39 is 19.4 Å². The zero-order valence-corrected chi connectivity index (χ0v) is 19.0. The molecule has 2 unspecified atom stereocenters. The number of rotatable bonds is 11. The molecule has 0 aliphatic carbocycles. The molecule has 2 rings (SSSR count). The Morgan fingerprint density at radius 3 is 1.73 bits per heavy atom. The first-order valence-corrected chi connectivity index (χ1v) is 12.1. The van der Waals surface area contributed by atoms with Gasteiger partial charge in [0.1, 0.15) is 11.5 Å². The minimum absolute atomic E-state index is 0.00736. The standard InChI is InChI=1S/C23H33N2O4P/c1-5-17(3)21(24)22(26)25-23(18(4)6-2)30(27,28-19-13-9-7-10-14-19)29-20-15-11-8-12-16-20/h7-18,21,23H,5-6,24H2,1-4H3,(H,25,26)/t17-,18?,21-,23?/m0/s1. The molecule has 0 aliphatic rings. The van der Waals surface area contributed by atoms with Crippen LogP contribution in [0.4, 0.5) is 0 Å². The largest absolute Gasteiger partial charge is 0.453 e. The van der Waals surface area contributed by atoms with E-state index >= 15 is 0 Å². The maximum absolute atomic E-state index is 14.2. The number of hydrogen-bond donors (Lipinski definition) is 2. The van der Waals surface area contributed by atoms with Crippen LogP contribution in [0.5, 0.6) is 11.5 Å². The van der Waals surface area contributed by atoms with Gasteiger partial charge in [0.2, 0.25) is 5.91 Å². The van der Waals surface area contributed by atoms with Gasteiger partial charge >= 0.3 is 7.60 Å². The molecule has 0 aliphatic heterocycles. The average molecular weight is 433 g/mol. The quantitative estimate of drug-likeness (QED) is 0.476. The fraction of sp³-hybridized carbons (Fsp3) is 0.435. The molecular formula is C23H33N2O4P. The first-order chi connectivity index (χ1) is 14.3. The molecule has 0 saturated heterocycles. The van der Waals surface area contributed by atoms with Crippen molar-refractivity contribution in [3.8, 4) is 11.5 Å². The van der Waals surface area contributed by atoms with Gasteiger partial charge in [0.05, 0.1) is 6.04 Å². The van der Waals surface area contributed by atoms with Crippen LogP contribution in [-0.2, 0) is 9.36 Å². The molecule has 4 atom stereocenters. The van der Waals surface area contributed by atoms with Crippen LogP contribution in [0, 0.1) is 11.8 Å². The van der Waals surface area contributed by atoms with E-state index in [-0.39, 0.29) is 17.7 Å². The van der Waals surface area contributed by atoms with Crippen LogP contribution in [0.2, 0.25) is 0 Å². The van der Waals surface area contributed by atoms with E-state index in [9.17, 15) is 9.36 Å². The number of para-hydroxylation sites is 2. The van der Waals surface area contributed by atoms with Crippen molar-refractivity contribution < 1.29 is 18.4 Å². The molecular weight excluding hydrogens is 399 g/mol. The smallest absolute Gasteiger partial charge is 0.415 e. The molecule has 30 heavy (non-hydrogen) atoms. The second-order valence-electron chi connectivity index (χ2n) is 7.60. The van der Waals surface area contributed by atoms with Crippen molar-refractivity contribution in [1.29, 1.82) is 0 Å². The summed E-state index contributed by atoms with van der Waals surface area (Å²) >= 11 is 0. The van der Waals surface area contributed by atoms with Gasteiger partial charge in [0, 0.05) is 0 Å². The first-order valence-electron chi connectivity index (χ1n) is 10.5. The lowest BCUT2D eigenvalue weighted by Crippen LogP contribution is -2.50. The number of hydrogen-bond acceptors (Lipinski definition) is 5. The number of amides is 1. The Morgan fingerprint density at radius 1 is 0.900 bits per heavy atom. The maximum atomic E-state index is 14.2. The molecule has 0 spiro atoms. The predicted molar refractivity (Wildman–Crippen MR) is 121 cm³/mol. The average Bonchev–Trinajstić information content (AvgIpc) is 2.76. The Morgan fingerprint density at radius 2 is 1.33 bits per heavy atom. The van der Waals surface area contributed by atoms with Gasteiger partial charge in [-0.25, -0.2) is 4.57 Å². The predicted octanol–water partition coefficient (Wildman–Crippen LogP) is 5.20. The summed E-state index contributed by atoms with van der Waals surface area (Å²) in [6, 6.07) is 17.0. The van der Waals surface area contributed by atoms with Crippen molar-refractivity contribution in [2.75, 3.05) is 0 Å². The highest BCUT2D eigenvalue weighted by atomic mass is 31.2. The van der Waals surface area contributed by atoms with Crippen LogP contribution in [-0.4, -0.2) is 17.7 Å². The summed E-state index contributed by atoms with van der Waals surface area (Å²) in [5.41, 5.74) is 6.13. The third-order valence-corrected chi connectivity index (χ3v) is 7.58. The number of carbonyl (C=O) groups is 1. The Hall–Kier alpha value is -2.30. The summed E-state index contributed by atoms with van der Waals surface area (Å²) in [4.78, 5) is 12.9. The van der Waals surface area contributed by atoms with Crippen molar-refractivity contribution in [2.24, 2.45) is 17.6 Å². The van der Waals surface area contributed by atoms with E-state index in [1.165, 1.54) is 0 Å². The lowest BCUT2D eigenvalue weighted by molar-refractivity contribution is -0.124. The van der Waals surface area contributed by atoms with Crippen LogP contribution in [0.15, 0.2) is 60.7 Å². The topological polar surface area (TPSA) is 90.7 Å². The molecule has 0 radical (unpaired) electrons. The highest BCUT2D eigenvalue weighted by molar-refractivity contribution is 7.55. The normalized spacial score (nSPS) is 15.5. The van der Waals surface area contributed by atoms with Crippen molar-refractivity contribution in [2.45, 2.75) is 52.4 Å². The lowest BCUT2D eigenvalue weighted by atomic mass is 9.99. The van der Waals surface area contributed by atoms with Crippen molar-refractivity contribution in [1.82, 2.24) is 5.32 Å². The molecule has 0 fully saturated rings. The van der Waals surface area contributed by atoms with Gasteiger partial charge in [-0.3, -0.25) is 4.79 Å². The SMILES string of the molecule is CCC(C)C(NC(=O)[C@@H](N)[C@@H](C)CC)P(=O)(Oc1ccccc1)Oc1ccccc1. The Labute approximate surface area is 179 Å². The number of carbonyl (C=O) groups excluding carboxylic acids is 1. The van der Waals surface area contributed by atoms with Crippen LogP contribution >= 0.6 is 7.60 Å². The summed E-state index contributed by atoms with van der Waals surface area (Å²) in [6.45, 7) is 7.78. The molecule has 0 aromatic heterocycles. The van der Waals surface area contributed by atoms with E-state index in [0.29, 0.717) is 17.9 Å². The minimum atomic E-state index is -3.87. The molecule has 164 valence electrons. The van der Waals surface area contributed by atoms with Crippen LogP contribution < -0.4 is 20.1 Å². The monoisotopic (exact) mass is 432 g/mol. The zero-order valence-electron chi connectivity index (χ0n) is 18.2. The molecule has 0 heterocycles. The molecule has 6 nitrogen and oxygen atoms in total. The van der Waals surface area contributed by atoms with Crippen molar-refractivity contribution >= 4 is 13.5 Å². The van der Waals surface area contributed by atoms with E-state index in [1.807, 2.05) is 39.8 Å². The van der Waals surface area contributed by atoms with Gasteiger partial charge in [-0.2, -0.15) is 0 Å². The summed E-state index contributed by atoms with van der Waals surface area (Å²) in [5, 5.41) is 2.89. The van der Waals surface area contributed by atoms with E-state index in [0.717, 1.165) is 6.42 Å². The molecule has 2 aromatic carbocycles. The second-order valence-corrected chi connectivity index (χ2v) is 9.60. The van der Waals surface area contributed by atoms with Crippen molar-refractivity contribution in [3.63, 3.8) is 0 Å². The van der Waals surface area contributed by atoms with Gasteiger partial charge < -0.3 is 20.1 Å². The number of benzene rings is 2. The van der Waals surface area contributed by atoms with Gasteiger partial charge in [-0.1, -0.05) is 76.9 Å². The summed E-state index contributed by atoms with van der Waals surface area (Å²) in [5.74, 6) is -0.576. The van der Waals surface area contributed by atoms with Crippen LogP contribution in [0.25, 0.3) is 0 Å².